The van der Waals surface area contributed by atoms with Gasteiger partial charge >= 0.3 is 0 Å². The fraction of sp³-hybridized carbons (Fsp3) is 0.200. The van der Waals surface area contributed by atoms with E-state index >= 15 is 0 Å². The van der Waals surface area contributed by atoms with Gasteiger partial charge in [0.05, 0.1) is 0 Å². The van der Waals surface area contributed by atoms with Crippen LogP contribution in [-0.2, 0) is 6.61 Å². The second kappa shape index (κ2) is 5.44. The standard InChI is InChI=1S/C15H16BrNO/c1-10-3-4-15(5-11(10)2)18-9-12-6-13(16)8-14(17)7-12/h3-8H,9,17H2,1-2H3. The molecule has 0 radical (unpaired) electrons. The maximum absolute atomic E-state index is 5.79. The summed E-state index contributed by atoms with van der Waals surface area (Å²) < 4.78 is 6.73. The summed E-state index contributed by atoms with van der Waals surface area (Å²) in [5.74, 6) is 0.886. The van der Waals surface area contributed by atoms with Crippen molar-refractivity contribution in [2.45, 2.75) is 20.5 Å². The zero-order chi connectivity index (χ0) is 13.1. The van der Waals surface area contributed by atoms with Crippen LogP contribution in [0.1, 0.15) is 16.7 Å². The first kappa shape index (κ1) is 13.0. The van der Waals surface area contributed by atoms with Gasteiger partial charge in [-0.1, -0.05) is 22.0 Å². The minimum Gasteiger partial charge on any atom is -0.489 e. The van der Waals surface area contributed by atoms with Gasteiger partial charge in [-0.25, -0.2) is 0 Å². The minimum atomic E-state index is 0.520. The van der Waals surface area contributed by atoms with Crippen LogP contribution in [0.2, 0.25) is 0 Å². The highest BCUT2D eigenvalue weighted by molar-refractivity contribution is 9.10. The van der Waals surface area contributed by atoms with E-state index in [1.807, 2.05) is 24.3 Å². The van der Waals surface area contributed by atoms with E-state index in [9.17, 15) is 0 Å². The second-order valence-corrected chi connectivity index (χ2v) is 5.34. The summed E-state index contributed by atoms with van der Waals surface area (Å²) in [6.07, 6.45) is 0. The lowest BCUT2D eigenvalue weighted by atomic mass is 10.1. The number of anilines is 1. The summed E-state index contributed by atoms with van der Waals surface area (Å²) in [5, 5.41) is 0. The first-order chi connectivity index (χ1) is 8.54. The van der Waals surface area contributed by atoms with Gasteiger partial charge in [0.25, 0.3) is 0 Å². The van der Waals surface area contributed by atoms with Crippen LogP contribution >= 0.6 is 15.9 Å². The molecule has 0 aliphatic rings. The van der Waals surface area contributed by atoms with Crippen molar-refractivity contribution in [2.24, 2.45) is 0 Å². The van der Waals surface area contributed by atoms with Crippen molar-refractivity contribution in [3.05, 3.63) is 57.6 Å². The summed E-state index contributed by atoms with van der Waals surface area (Å²) in [5.41, 5.74) is 10.1. The summed E-state index contributed by atoms with van der Waals surface area (Å²) in [7, 11) is 0. The molecule has 0 amide bonds. The van der Waals surface area contributed by atoms with Gasteiger partial charge in [-0.15, -0.1) is 0 Å². The molecule has 94 valence electrons. The SMILES string of the molecule is Cc1ccc(OCc2cc(N)cc(Br)c2)cc1C. The maximum Gasteiger partial charge on any atom is 0.120 e. The zero-order valence-electron chi connectivity index (χ0n) is 10.5. The lowest BCUT2D eigenvalue weighted by molar-refractivity contribution is 0.306. The fourth-order valence-corrected chi connectivity index (χ4v) is 2.29. The van der Waals surface area contributed by atoms with Crippen LogP contribution in [0.4, 0.5) is 5.69 Å². The van der Waals surface area contributed by atoms with Gasteiger partial charge in [-0.3, -0.25) is 0 Å². The highest BCUT2D eigenvalue weighted by Crippen LogP contribution is 2.21. The highest BCUT2D eigenvalue weighted by Gasteiger charge is 2.00. The van der Waals surface area contributed by atoms with E-state index in [1.54, 1.807) is 0 Å². The highest BCUT2D eigenvalue weighted by atomic mass is 79.9. The Balaban J connectivity index is 2.08. The van der Waals surface area contributed by atoms with Crippen LogP contribution in [0, 0.1) is 13.8 Å². The van der Waals surface area contributed by atoms with Crippen LogP contribution < -0.4 is 10.5 Å². The Morgan fingerprint density at radius 1 is 1.06 bits per heavy atom. The van der Waals surface area contributed by atoms with Crippen molar-refractivity contribution < 1.29 is 4.74 Å². The summed E-state index contributed by atoms with van der Waals surface area (Å²) in [6, 6.07) is 11.9. The summed E-state index contributed by atoms with van der Waals surface area (Å²) in [4.78, 5) is 0. The molecule has 0 saturated heterocycles. The Morgan fingerprint density at radius 3 is 2.50 bits per heavy atom. The molecule has 0 aliphatic carbocycles. The van der Waals surface area contributed by atoms with E-state index in [4.69, 9.17) is 10.5 Å². The van der Waals surface area contributed by atoms with E-state index < -0.39 is 0 Å². The molecule has 3 heteroatoms. The van der Waals surface area contributed by atoms with E-state index in [1.165, 1.54) is 11.1 Å². The first-order valence-electron chi connectivity index (χ1n) is 5.79. The Labute approximate surface area is 116 Å². The molecular weight excluding hydrogens is 290 g/mol. The van der Waals surface area contributed by atoms with Gasteiger partial charge in [-0.2, -0.15) is 0 Å². The van der Waals surface area contributed by atoms with Crippen molar-refractivity contribution in [1.82, 2.24) is 0 Å². The van der Waals surface area contributed by atoms with Gasteiger partial charge in [0.15, 0.2) is 0 Å². The van der Waals surface area contributed by atoms with Gasteiger partial charge < -0.3 is 10.5 Å². The molecule has 0 unspecified atom stereocenters. The van der Waals surface area contributed by atoms with Crippen molar-refractivity contribution in [2.75, 3.05) is 5.73 Å². The molecule has 2 aromatic carbocycles. The largest absolute Gasteiger partial charge is 0.489 e. The number of nitrogens with two attached hydrogens (primary N) is 1. The molecule has 0 bridgehead atoms. The third-order valence-corrected chi connectivity index (χ3v) is 3.32. The lowest BCUT2D eigenvalue weighted by Crippen LogP contribution is -1.97. The molecule has 2 aromatic rings. The number of benzene rings is 2. The number of hydrogen-bond donors (Lipinski definition) is 1. The van der Waals surface area contributed by atoms with E-state index in [0.717, 1.165) is 21.5 Å². The van der Waals surface area contributed by atoms with Crippen molar-refractivity contribution in [3.63, 3.8) is 0 Å². The smallest absolute Gasteiger partial charge is 0.120 e. The third kappa shape index (κ3) is 3.26. The average Bonchev–Trinajstić information content (AvgIpc) is 2.29. The molecule has 0 spiro atoms. The molecule has 2 nitrogen and oxygen atoms in total. The zero-order valence-corrected chi connectivity index (χ0v) is 12.1. The summed E-state index contributed by atoms with van der Waals surface area (Å²) in [6.45, 7) is 4.69. The molecule has 0 aromatic heterocycles. The molecule has 2 N–H and O–H groups in total. The van der Waals surface area contributed by atoms with Gasteiger partial charge in [0, 0.05) is 10.2 Å². The minimum absolute atomic E-state index is 0.520. The molecule has 0 heterocycles. The van der Waals surface area contributed by atoms with E-state index in [-0.39, 0.29) is 0 Å². The van der Waals surface area contributed by atoms with Crippen LogP contribution in [0.15, 0.2) is 40.9 Å². The Morgan fingerprint density at radius 2 is 1.83 bits per heavy atom. The molecule has 0 fully saturated rings. The number of hydrogen-bond acceptors (Lipinski definition) is 2. The predicted molar refractivity (Wildman–Crippen MR) is 78.8 cm³/mol. The Hall–Kier alpha value is -1.48. The van der Waals surface area contributed by atoms with Crippen LogP contribution in [-0.4, -0.2) is 0 Å². The van der Waals surface area contributed by atoms with Gasteiger partial charge in [0.2, 0.25) is 0 Å². The molecule has 0 atom stereocenters. The van der Waals surface area contributed by atoms with Crippen LogP contribution in [0.5, 0.6) is 5.75 Å². The van der Waals surface area contributed by atoms with Crippen molar-refractivity contribution >= 4 is 21.6 Å². The quantitative estimate of drug-likeness (QED) is 0.861. The van der Waals surface area contributed by atoms with Crippen molar-refractivity contribution in [1.29, 1.82) is 0 Å². The number of aryl methyl sites for hydroxylation is 2. The topological polar surface area (TPSA) is 35.2 Å². The predicted octanol–water partition coefficient (Wildman–Crippen LogP) is 4.23. The number of nitrogen functional groups attached to an aromatic ring is 1. The van der Waals surface area contributed by atoms with Crippen LogP contribution in [0.25, 0.3) is 0 Å². The lowest BCUT2D eigenvalue weighted by Gasteiger charge is -2.09. The molecule has 18 heavy (non-hydrogen) atoms. The molecule has 0 aliphatic heterocycles. The second-order valence-electron chi connectivity index (χ2n) is 4.43. The Kier molecular flexibility index (Phi) is 3.92. The molecule has 2 rings (SSSR count). The monoisotopic (exact) mass is 305 g/mol. The van der Waals surface area contributed by atoms with Crippen LogP contribution in [0.3, 0.4) is 0 Å². The average molecular weight is 306 g/mol. The van der Waals surface area contributed by atoms with Gasteiger partial charge in [0.1, 0.15) is 12.4 Å². The first-order valence-corrected chi connectivity index (χ1v) is 6.59. The summed E-state index contributed by atoms with van der Waals surface area (Å²) >= 11 is 3.42. The number of ether oxygens (including phenoxy) is 1. The maximum atomic E-state index is 5.79. The molecular formula is C15H16BrNO. The van der Waals surface area contributed by atoms with Crippen molar-refractivity contribution in [3.8, 4) is 5.75 Å². The number of halogens is 1. The number of rotatable bonds is 3. The third-order valence-electron chi connectivity index (χ3n) is 2.86. The van der Waals surface area contributed by atoms with Gasteiger partial charge in [-0.05, 0) is 60.9 Å². The molecule has 0 saturated carbocycles. The van der Waals surface area contributed by atoms with E-state index in [0.29, 0.717) is 6.61 Å². The van der Waals surface area contributed by atoms with E-state index in [2.05, 4.69) is 41.9 Å². The fourth-order valence-electron chi connectivity index (χ4n) is 1.73. The Bertz CT molecular complexity index is 546. The normalized spacial score (nSPS) is 10.4.